The molecule has 154 valence electrons. The Kier molecular flexibility index (Phi) is 7.01. The first-order valence-corrected chi connectivity index (χ1v) is 10.4. The number of aromatic nitrogens is 2. The highest BCUT2D eigenvalue weighted by molar-refractivity contribution is 8.26. The minimum Gasteiger partial charge on any atom is -0.394 e. The number of carbonyl (C=O) groups is 1. The molecule has 0 atom stereocenters. The van der Waals surface area contributed by atoms with E-state index in [1.165, 1.54) is 21.1 Å². The zero-order valence-corrected chi connectivity index (χ0v) is 17.8. The van der Waals surface area contributed by atoms with Crippen molar-refractivity contribution in [3.63, 3.8) is 0 Å². The lowest BCUT2D eigenvalue weighted by molar-refractivity contribution is -0.123. The van der Waals surface area contributed by atoms with Crippen LogP contribution in [0.2, 0.25) is 0 Å². The van der Waals surface area contributed by atoms with Gasteiger partial charge in [0.1, 0.15) is 15.8 Å². The normalized spacial score (nSPS) is 15.9. The maximum absolute atomic E-state index is 13.1. The van der Waals surface area contributed by atoms with Gasteiger partial charge in [0.25, 0.3) is 11.5 Å². The van der Waals surface area contributed by atoms with E-state index in [1.807, 2.05) is 13.8 Å². The Morgan fingerprint density at radius 1 is 1.34 bits per heavy atom. The van der Waals surface area contributed by atoms with Crippen LogP contribution in [0, 0.1) is 0 Å². The predicted molar refractivity (Wildman–Crippen MR) is 118 cm³/mol. The number of thioether (sulfide) groups is 1. The Morgan fingerprint density at radius 3 is 2.83 bits per heavy atom. The molecule has 0 radical (unpaired) electrons. The molecule has 10 heteroatoms. The van der Waals surface area contributed by atoms with Gasteiger partial charge in [0.15, 0.2) is 0 Å². The number of hydrogen-bond donors (Lipinski definition) is 2. The van der Waals surface area contributed by atoms with Gasteiger partial charge in [-0.1, -0.05) is 30.0 Å². The molecule has 0 spiro atoms. The fraction of sp³-hybridized carbons (Fsp3) is 0.368. The Bertz CT molecular complexity index is 1020. The molecule has 0 saturated carbocycles. The van der Waals surface area contributed by atoms with Crippen LogP contribution < -0.4 is 10.9 Å². The van der Waals surface area contributed by atoms with Crippen molar-refractivity contribution in [3.8, 4) is 0 Å². The molecule has 0 aliphatic carbocycles. The number of aliphatic hydroxyl groups is 1. The summed E-state index contributed by atoms with van der Waals surface area (Å²) in [4.78, 5) is 32.3. The number of ether oxygens (including phenoxy) is 1. The molecule has 1 amide bonds. The van der Waals surface area contributed by atoms with Gasteiger partial charge in [-0.2, -0.15) is 0 Å². The van der Waals surface area contributed by atoms with Crippen molar-refractivity contribution in [2.24, 2.45) is 0 Å². The average molecular weight is 435 g/mol. The molecule has 3 rings (SSSR count). The van der Waals surface area contributed by atoms with Crippen LogP contribution in [-0.2, 0) is 9.53 Å². The zero-order valence-electron chi connectivity index (χ0n) is 16.1. The molecule has 0 aromatic carbocycles. The maximum atomic E-state index is 13.1. The zero-order chi connectivity index (χ0) is 21.0. The van der Waals surface area contributed by atoms with E-state index >= 15 is 0 Å². The Balaban J connectivity index is 2.00. The topological polar surface area (TPSA) is 96.2 Å². The predicted octanol–water partition coefficient (Wildman–Crippen LogP) is 1.72. The van der Waals surface area contributed by atoms with Gasteiger partial charge in [-0.25, -0.2) is 4.98 Å². The van der Waals surface area contributed by atoms with E-state index in [1.54, 1.807) is 30.5 Å². The number of hydrogen-bond acceptors (Lipinski definition) is 8. The molecule has 0 bridgehead atoms. The third-order valence-corrected chi connectivity index (χ3v) is 5.49. The second-order valence-electron chi connectivity index (χ2n) is 6.52. The first-order valence-electron chi connectivity index (χ1n) is 9.15. The van der Waals surface area contributed by atoms with Crippen LogP contribution in [0.3, 0.4) is 0 Å². The molecule has 1 fully saturated rings. The summed E-state index contributed by atoms with van der Waals surface area (Å²) in [6.45, 7) is 4.69. The fourth-order valence-corrected chi connectivity index (χ4v) is 4.34. The largest absolute Gasteiger partial charge is 0.394 e. The van der Waals surface area contributed by atoms with Gasteiger partial charge in [-0.3, -0.25) is 18.9 Å². The van der Waals surface area contributed by atoms with E-state index in [9.17, 15) is 9.59 Å². The van der Waals surface area contributed by atoms with Gasteiger partial charge < -0.3 is 15.2 Å². The number of amides is 1. The molecule has 3 heterocycles. The van der Waals surface area contributed by atoms with E-state index in [4.69, 9.17) is 22.1 Å². The van der Waals surface area contributed by atoms with Crippen LogP contribution in [0.4, 0.5) is 5.82 Å². The van der Waals surface area contributed by atoms with Crippen LogP contribution in [-0.4, -0.2) is 62.0 Å². The maximum Gasteiger partial charge on any atom is 0.267 e. The molecule has 8 nitrogen and oxygen atoms in total. The van der Waals surface area contributed by atoms with Crippen molar-refractivity contribution < 1.29 is 14.6 Å². The number of nitrogens with zero attached hydrogens (tertiary/aromatic N) is 3. The number of thiocarbonyl (C=S) groups is 1. The first kappa shape index (κ1) is 21.4. The summed E-state index contributed by atoms with van der Waals surface area (Å²) in [6.07, 6.45) is 3.18. The highest BCUT2D eigenvalue weighted by Crippen LogP contribution is 2.34. The van der Waals surface area contributed by atoms with E-state index in [2.05, 4.69) is 10.3 Å². The summed E-state index contributed by atoms with van der Waals surface area (Å²) in [5.41, 5.74) is 0.479. The van der Waals surface area contributed by atoms with Crippen molar-refractivity contribution >= 4 is 51.7 Å². The lowest BCUT2D eigenvalue weighted by Gasteiger charge is -2.18. The third-order valence-electron chi connectivity index (χ3n) is 4.16. The highest BCUT2D eigenvalue weighted by atomic mass is 32.2. The van der Waals surface area contributed by atoms with Crippen LogP contribution in [0.5, 0.6) is 0 Å². The standard InChI is InChI=1S/C19H22N4O4S2/c1-12(2)23-18(26)14(29-19(23)28)11-13-16(20-6-9-27-10-8-24)21-15-5-3-4-7-22(15)17(13)25/h3-5,7,11-12,20,24H,6,8-10H2,1-2H3/b14-11+. The second kappa shape index (κ2) is 9.49. The molecule has 0 unspecified atom stereocenters. The van der Waals surface area contributed by atoms with Crippen molar-refractivity contribution in [1.82, 2.24) is 14.3 Å². The third kappa shape index (κ3) is 4.67. The number of fused-ring (bicyclic) bond motifs is 1. The first-order chi connectivity index (χ1) is 13.9. The van der Waals surface area contributed by atoms with Gasteiger partial charge in [-0.15, -0.1) is 0 Å². The number of aliphatic hydroxyl groups excluding tert-OH is 1. The van der Waals surface area contributed by atoms with E-state index in [-0.39, 0.29) is 36.3 Å². The summed E-state index contributed by atoms with van der Waals surface area (Å²) < 4.78 is 7.15. The lowest BCUT2D eigenvalue weighted by atomic mass is 10.2. The second-order valence-corrected chi connectivity index (χ2v) is 8.19. The smallest absolute Gasteiger partial charge is 0.267 e. The molecule has 29 heavy (non-hydrogen) atoms. The van der Waals surface area contributed by atoms with E-state index in [0.29, 0.717) is 33.8 Å². The fourth-order valence-electron chi connectivity index (χ4n) is 2.83. The van der Waals surface area contributed by atoms with Gasteiger partial charge in [0.2, 0.25) is 0 Å². The quantitative estimate of drug-likeness (QED) is 0.368. The molecule has 1 aliphatic heterocycles. The number of anilines is 1. The minimum absolute atomic E-state index is 0.0570. The van der Waals surface area contributed by atoms with Crippen molar-refractivity contribution in [2.75, 3.05) is 31.7 Å². The van der Waals surface area contributed by atoms with Crippen LogP contribution in [0.15, 0.2) is 34.1 Å². The summed E-state index contributed by atoms with van der Waals surface area (Å²) in [7, 11) is 0. The Labute approximate surface area is 177 Å². The average Bonchev–Trinajstić information content (AvgIpc) is 2.97. The molecular weight excluding hydrogens is 412 g/mol. The molecular formula is C19H22N4O4S2. The van der Waals surface area contributed by atoms with E-state index in [0.717, 1.165) is 0 Å². The van der Waals surface area contributed by atoms with E-state index < -0.39 is 0 Å². The Morgan fingerprint density at radius 2 is 2.14 bits per heavy atom. The van der Waals surface area contributed by atoms with Gasteiger partial charge in [0, 0.05) is 18.8 Å². The SMILES string of the molecule is CC(C)N1C(=O)/C(=C\c2c(NCCOCCO)nc3ccccn3c2=O)SC1=S. The number of carbonyl (C=O) groups excluding carboxylic acids is 1. The monoisotopic (exact) mass is 434 g/mol. The summed E-state index contributed by atoms with van der Waals surface area (Å²) >= 11 is 6.49. The number of nitrogens with one attached hydrogen (secondary N) is 1. The Hall–Kier alpha value is -2.27. The highest BCUT2D eigenvalue weighted by Gasteiger charge is 2.34. The minimum atomic E-state index is -0.288. The molecule has 2 aromatic rings. The number of pyridine rings is 1. The van der Waals surface area contributed by atoms with Gasteiger partial charge in [-0.05, 0) is 32.1 Å². The molecule has 2 N–H and O–H groups in total. The number of rotatable bonds is 8. The van der Waals surface area contributed by atoms with Crippen molar-refractivity contribution in [2.45, 2.75) is 19.9 Å². The molecule has 2 aromatic heterocycles. The summed E-state index contributed by atoms with van der Waals surface area (Å²) in [6, 6.07) is 5.21. The van der Waals surface area contributed by atoms with Crippen LogP contribution in [0.1, 0.15) is 19.4 Å². The van der Waals surface area contributed by atoms with Gasteiger partial charge >= 0.3 is 0 Å². The lowest BCUT2D eigenvalue weighted by Crippen LogP contribution is -2.34. The summed E-state index contributed by atoms with van der Waals surface area (Å²) in [5.74, 6) is 0.147. The van der Waals surface area contributed by atoms with Crippen molar-refractivity contribution in [3.05, 3.63) is 45.2 Å². The van der Waals surface area contributed by atoms with Crippen LogP contribution in [0.25, 0.3) is 11.7 Å². The van der Waals surface area contributed by atoms with Crippen molar-refractivity contribution in [1.29, 1.82) is 0 Å². The molecule has 1 aliphatic rings. The summed E-state index contributed by atoms with van der Waals surface area (Å²) in [5, 5.41) is 11.9. The molecule has 1 saturated heterocycles. The van der Waals surface area contributed by atoms with Crippen LogP contribution >= 0.6 is 24.0 Å². The van der Waals surface area contributed by atoms with Gasteiger partial charge in [0.05, 0.1) is 30.3 Å².